The second-order valence-electron chi connectivity index (χ2n) is 30.4. The molecule has 2 saturated heterocycles. The lowest BCUT2D eigenvalue weighted by Crippen LogP contribution is -2.55. The largest absolute Gasteiger partial charge is 0.467 e. The second kappa shape index (κ2) is 44.2. The summed E-state index contributed by atoms with van der Waals surface area (Å²) in [5.74, 6) is -5.63. The van der Waals surface area contributed by atoms with Crippen LogP contribution >= 0.6 is 0 Å². The van der Waals surface area contributed by atoms with Gasteiger partial charge in [0.1, 0.15) is 18.4 Å². The van der Waals surface area contributed by atoms with Crippen LogP contribution in [0.1, 0.15) is 175 Å². The topological polar surface area (TPSA) is 320 Å². The molecule has 0 aromatic heterocycles. The number of anilines is 1. The summed E-state index contributed by atoms with van der Waals surface area (Å²) in [5.41, 5.74) is 9.01. The summed E-state index contributed by atoms with van der Waals surface area (Å²) < 4.78 is 22.9. The van der Waals surface area contributed by atoms with Crippen LogP contribution in [-0.2, 0) is 92.8 Å². The monoisotopic (exact) mass is 1490 g/mol. The zero-order valence-corrected chi connectivity index (χ0v) is 66.4. The molecular formula is C82H123N9O16. The highest BCUT2D eigenvalue weighted by Gasteiger charge is 2.44. The van der Waals surface area contributed by atoms with Crippen molar-refractivity contribution in [2.24, 2.45) is 53.1 Å². The maximum Gasteiger partial charge on any atom is 0.414 e. The molecule has 0 radical (unpaired) electrons. The minimum Gasteiger partial charge on any atom is -0.467 e. The second-order valence-corrected chi connectivity index (χ2v) is 30.4. The summed E-state index contributed by atoms with van der Waals surface area (Å²) in [6.07, 6.45) is 3.44. The molecule has 0 saturated carbocycles. The number of amides is 9. The molecule has 2 aliphatic rings. The molecule has 592 valence electrons. The third-order valence-corrected chi connectivity index (χ3v) is 21.5. The number of benzene rings is 3. The average molecular weight is 1490 g/mol. The Hall–Kier alpha value is -8.42. The number of carbonyl (C=O) groups is 12. The fourth-order valence-corrected chi connectivity index (χ4v) is 14.8. The van der Waals surface area contributed by atoms with Crippen LogP contribution in [0.25, 0.3) is 0 Å². The van der Waals surface area contributed by atoms with Crippen LogP contribution in [0.15, 0.2) is 78.9 Å². The molecule has 3 aromatic rings. The number of hydrogen-bond donors (Lipinski definition) is 4. The smallest absolute Gasteiger partial charge is 0.414 e. The van der Waals surface area contributed by atoms with Crippen LogP contribution < -0.4 is 26.6 Å². The SMILES string of the molecule is CC[C@H](C)[C@@H]([C@@H](CC(=O)N1CCC[C@H]1[C@H](OC)[C@@H](C)C(=O)N[C@@H](Cc1ccccc1)C(=O)OC)OC)N(C)C(=O)[C@@H](CC(=O)[C@H](C(C)C)N(C)CCc1ccc(N(C)C(=O)OCc2ccc(CC(=O)[C@H](CCCNC(N)=O)NC(=O)[C@@H](CC(=O)CCCCCN3C(=O)CC(C)C3=O)C(C)C)cc2)cc1)C(C)C. The minimum absolute atomic E-state index is 0.00548. The van der Waals surface area contributed by atoms with Gasteiger partial charge in [-0.05, 0) is 110 Å². The van der Waals surface area contributed by atoms with E-state index in [1.165, 1.54) is 24.0 Å². The van der Waals surface area contributed by atoms with Gasteiger partial charge in [0.15, 0.2) is 11.6 Å². The quantitative estimate of drug-likeness (QED) is 0.0232. The van der Waals surface area contributed by atoms with Gasteiger partial charge in [0.05, 0.1) is 55.8 Å². The van der Waals surface area contributed by atoms with Crippen LogP contribution in [0.2, 0.25) is 0 Å². The van der Waals surface area contributed by atoms with Crippen LogP contribution in [0.5, 0.6) is 0 Å². The van der Waals surface area contributed by atoms with E-state index in [-0.39, 0.29) is 135 Å². The molecule has 25 heteroatoms. The van der Waals surface area contributed by atoms with Gasteiger partial charge in [-0.2, -0.15) is 0 Å². The highest BCUT2D eigenvalue weighted by molar-refractivity contribution is 6.03. The van der Waals surface area contributed by atoms with E-state index in [4.69, 9.17) is 24.7 Å². The van der Waals surface area contributed by atoms with Crippen LogP contribution in [0.3, 0.4) is 0 Å². The number of rotatable bonds is 46. The number of primary amides is 1. The number of unbranched alkanes of at least 4 members (excludes halogenated alkanes) is 2. The van der Waals surface area contributed by atoms with Gasteiger partial charge in [-0.15, -0.1) is 0 Å². The number of imide groups is 1. The number of hydrogen-bond acceptors (Lipinski definition) is 17. The van der Waals surface area contributed by atoms with Crippen LogP contribution in [0.4, 0.5) is 15.3 Å². The molecule has 0 spiro atoms. The first-order valence-corrected chi connectivity index (χ1v) is 38.3. The molecule has 2 fully saturated rings. The zero-order valence-electron chi connectivity index (χ0n) is 66.4. The van der Waals surface area contributed by atoms with E-state index in [9.17, 15) is 57.5 Å². The van der Waals surface area contributed by atoms with Crippen molar-refractivity contribution in [2.45, 2.75) is 221 Å². The van der Waals surface area contributed by atoms with Gasteiger partial charge in [0, 0.05) is 116 Å². The van der Waals surface area contributed by atoms with Gasteiger partial charge < -0.3 is 50.4 Å². The van der Waals surface area contributed by atoms with Crippen molar-refractivity contribution in [1.29, 1.82) is 0 Å². The lowest BCUT2D eigenvalue weighted by Gasteiger charge is -2.41. The molecule has 2 heterocycles. The number of methoxy groups -OCH3 is 3. The number of likely N-dealkylation sites (N-methyl/N-ethyl adjacent to an activating group) is 2. The van der Waals surface area contributed by atoms with Crippen LogP contribution in [0, 0.1) is 47.3 Å². The molecule has 2 aliphatic heterocycles. The number of carbonyl (C=O) groups excluding carboxylic acids is 12. The van der Waals surface area contributed by atoms with E-state index in [1.807, 2.05) is 122 Å². The summed E-state index contributed by atoms with van der Waals surface area (Å²) in [4.78, 5) is 169. The van der Waals surface area contributed by atoms with E-state index in [0.717, 1.165) is 11.1 Å². The van der Waals surface area contributed by atoms with Gasteiger partial charge in [-0.25, -0.2) is 14.4 Å². The molecule has 3 aromatic carbocycles. The number of ether oxygens (including phenoxy) is 4. The Labute approximate surface area is 634 Å². The fraction of sp³-hybridized carbons (Fsp3) is 0.634. The van der Waals surface area contributed by atoms with Crippen molar-refractivity contribution in [3.8, 4) is 0 Å². The number of esters is 1. The maximum atomic E-state index is 15.0. The van der Waals surface area contributed by atoms with Crippen molar-refractivity contribution in [2.75, 3.05) is 73.6 Å². The maximum absolute atomic E-state index is 15.0. The van der Waals surface area contributed by atoms with E-state index in [0.29, 0.717) is 87.8 Å². The fourth-order valence-electron chi connectivity index (χ4n) is 14.8. The minimum atomic E-state index is -0.935. The van der Waals surface area contributed by atoms with Crippen molar-refractivity contribution in [3.63, 3.8) is 0 Å². The van der Waals surface area contributed by atoms with Gasteiger partial charge >= 0.3 is 18.1 Å². The normalized spacial score (nSPS) is 17.3. The van der Waals surface area contributed by atoms with E-state index < -0.39 is 90.1 Å². The molecule has 25 nitrogen and oxygen atoms in total. The first-order valence-electron chi connectivity index (χ1n) is 38.3. The Balaban J connectivity index is 1.13. The molecule has 9 amide bonds. The Morgan fingerprint density at radius 3 is 1.90 bits per heavy atom. The standard InChI is InChI=1S/C82H123N9O16/c1-17-54(8)74(70(104-14)49-72(96)90-42-25-30-67(90)75(105-15)56(10)76(97)86-66(80(101)106-16)45-58-26-20-18-21-27-58)89(13)79(100)64(52(4)5)48-69(94)73(53(6)7)87(11)43-39-57-35-37-61(38-36-57)88(12)82(103)107-50-60-33-31-59(32-34-60)46-68(93)65(29-24-40-84-81(83)102)85-77(98)63(51(2)3)47-62(92)28-22-19-23-41-91-71(95)44-55(9)78(91)99/h18,20-21,26-27,31-38,51-56,63-67,70,73-75H,17,19,22-25,28-30,39-50H2,1-16H3,(H,85,98)(H,86,97)(H3,83,84,102)/t54-,55?,56+,63-,64-,65-,66-,67-,70+,73-,74-,75+/m0/s1. The Morgan fingerprint density at radius 1 is 0.682 bits per heavy atom. The lowest BCUT2D eigenvalue weighted by atomic mass is 9.83. The molecular weight excluding hydrogens is 1370 g/mol. The Bertz CT molecular complexity index is 3420. The van der Waals surface area contributed by atoms with Crippen LogP contribution in [-0.4, -0.2) is 202 Å². The third kappa shape index (κ3) is 26.7. The first kappa shape index (κ1) is 89.2. The Morgan fingerprint density at radius 2 is 1.32 bits per heavy atom. The predicted octanol–water partition coefficient (Wildman–Crippen LogP) is 9.24. The van der Waals surface area contributed by atoms with Crippen molar-refractivity contribution >= 4 is 76.6 Å². The molecule has 0 aliphatic carbocycles. The van der Waals surface area contributed by atoms with Crippen molar-refractivity contribution in [3.05, 3.63) is 101 Å². The summed E-state index contributed by atoms with van der Waals surface area (Å²) in [5, 5.41) is 8.30. The number of nitrogens with zero attached hydrogens (tertiary/aromatic N) is 5. The van der Waals surface area contributed by atoms with Gasteiger partial charge in [0.25, 0.3) is 0 Å². The summed E-state index contributed by atoms with van der Waals surface area (Å²) in [6.45, 7) is 20.5. The molecule has 0 bridgehead atoms. The third-order valence-electron chi connectivity index (χ3n) is 21.5. The zero-order chi connectivity index (χ0) is 79.4. The molecule has 1 unspecified atom stereocenters. The average Bonchev–Trinajstić information content (AvgIpc) is 1.80. The van der Waals surface area contributed by atoms with Gasteiger partial charge in [0.2, 0.25) is 35.4 Å². The highest BCUT2D eigenvalue weighted by atomic mass is 16.6. The van der Waals surface area contributed by atoms with E-state index in [1.54, 1.807) is 69.1 Å². The number of Topliss-reactive ketones (excluding diaryl/α,β-unsaturated/α-hetero) is 3. The van der Waals surface area contributed by atoms with Gasteiger partial charge in [-0.3, -0.25) is 57.9 Å². The first-order chi connectivity index (χ1) is 50.8. The molecule has 12 atom stereocenters. The summed E-state index contributed by atoms with van der Waals surface area (Å²) in [7, 11) is 9.60. The number of nitrogens with two attached hydrogens (primary N) is 1. The number of ketones is 3. The van der Waals surface area contributed by atoms with E-state index >= 15 is 0 Å². The molecule has 5 N–H and O–H groups in total. The molecule has 107 heavy (non-hydrogen) atoms. The predicted molar refractivity (Wildman–Crippen MR) is 409 cm³/mol. The lowest BCUT2D eigenvalue weighted by molar-refractivity contribution is -0.150. The van der Waals surface area contributed by atoms with Crippen molar-refractivity contribution < 1.29 is 76.5 Å². The number of likely N-dealkylation sites (tertiary alicyclic amines) is 2. The van der Waals surface area contributed by atoms with Crippen molar-refractivity contribution in [1.82, 2.24) is 35.6 Å². The van der Waals surface area contributed by atoms with E-state index in [2.05, 4.69) is 16.0 Å². The summed E-state index contributed by atoms with van der Waals surface area (Å²) in [6, 6.07) is 19.8. The number of nitrogens with one attached hydrogen (secondary N) is 3. The summed E-state index contributed by atoms with van der Waals surface area (Å²) >= 11 is 0. The Kier molecular flexibility index (Phi) is 36.8. The molecule has 5 rings (SSSR count). The number of urea groups is 1. The van der Waals surface area contributed by atoms with Gasteiger partial charge in [-0.1, -0.05) is 149 Å². The highest BCUT2D eigenvalue weighted by Crippen LogP contribution is 2.32.